The molecule has 0 fully saturated rings. The normalized spacial score (nSPS) is 22.8. The average molecular weight is 387 g/mol. The molecule has 2 atom stereocenters. The van der Waals surface area contributed by atoms with Gasteiger partial charge < -0.3 is 5.73 Å². The summed E-state index contributed by atoms with van der Waals surface area (Å²) in [4.78, 5) is 25.8. The van der Waals surface area contributed by atoms with Crippen LogP contribution in [-0.4, -0.2) is 17.9 Å². The molecule has 1 heterocycles. The largest absolute Gasteiger partial charge is 0.368 e. The Kier molecular flexibility index (Phi) is 4.22. The fraction of sp³-hybridized carbons (Fsp3) is 0.263. The van der Waals surface area contributed by atoms with E-state index in [-0.39, 0.29) is 5.91 Å². The van der Waals surface area contributed by atoms with Crippen molar-refractivity contribution in [3.63, 3.8) is 0 Å². The zero-order chi connectivity index (χ0) is 17.5. The third kappa shape index (κ3) is 2.63. The summed E-state index contributed by atoms with van der Waals surface area (Å²) in [5.74, 6) is -0.660. The number of anilines is 1. The molecule has 2 aromatic carbocycles. The third-order valence-electron chi connectivity index (χ3n) is 4.82. The molecule has 2 unspecified atom stereocenters. The minimum Gasteiger partial charge on any atom is -0.368 e. The van der Waals surface area contributed by atoms with E-state index in [0.717, 1.165) is 21.3 Å². The number of benzene rings is 2. The first-order valence-corrected chi connectivity index (χ1v) is 8.58. The van der Waals surface area contributed by atoms with E-state index in [1.807, 2.05) is 48.5 Å². The molecule has 0 saturated carbocycles. The number of nitrogens with two attached hydrogens (primary N) is 1. The standard InChI is InChI=1S/C19H19BrN2O2/c1-12(23)22-16-6-4-3-5-15(16)19(2,11-17(22)18(21)24)13-7-9-14(20)10-8-13/h3-10,17H,11H2,1-2H3,(H2,21,24). The fourth-order valence-electron chi connectivity index (χ4n) is 3.61. The maximum absolute atomic E-state index is 12.2. The molecule has 1 aliphatic rings. The van der Waals surface area contributed by atoms with Gasteiger partial charge >= 0.3 is 0 Å². The number of carbonyl (C=O) groups excluding carboxylic acids is 2. The van der Waals surface area contributed by atoms with Crippen molar-refractivity contribution < 1.29 is 9.59 Å². The first-order valence-electron chi connectivity index (χ1n) is 7.79. The molecular formula is C19H19BrN2O2. The molecule has 3 rings (SSSR count). The van der Waals surface area contributed by atoms with E-state index in [9.17, 15) is 9.59 Å². The molecule has 24 heavy (non-hydrogen) atoms. The summed E-state index contributed by atoms with van der Waals surface area (Å²) in [6.45, 7) is 3.57. The number of halogens is 1. The highest BCUT2D eigenvalue weighted by molar-refractivity contribution is 9.10. The van der Waals surface area contributed by atoms with Crippen molar-refractivity contribution in [2.45, 2.75) is 31.7 Å². The van der Waals surface area contributed by atoms with Crippen molar-refractivity contribution in [2.75, 3.05) is 4.90 Å². The summed E-state index contributed by atoms with van der Waals surface area (Å²) < 4.78 is 0.996. The molecule has 2 amide bonds. The smallest absolute Gasteiger partial charge is 0.240 e. The molecule has 5 heteroatoms. The van der Waals surface area contributed by atoms with Crippen molar-refractivity contribution in [1.82, 2.24) is 0 Å². The van der Waals surface area contributed by atoms with Gasteiger partial charge in [0, 0.05) is 22.5 Å². The van der Waals surface area contributed by atoms with Crippen LogP contribution in [0.5, 0.6) is 0 Å². The van der Waals surface area contributed by atoms with E-state index >= 15 is 0 Å². The molecule has 4 nitrogen and oxygen atoms in total. The van der Waals surface area contributed by atoms with E-state index in [1.165, 1.54) is 11.8 Å². The SMILES string of the molecule is CC(=O)N1c2ccccc2C(C)(c2ccc(Br)cc2)CC1C(N)=O. The van der Waals surface area contributed by atoms with Gasteiger partial charge in [0.05, 0.1) is 0 Å². The molecule has 124 valence electrons. The molecule has 0 aromatic heterocycles. The van der Waals surface area contributed by atoms with Gasteiger partial charge in [-0.3, -0.25) is 14.5 Å². The van der Waals surface area contributed by atoms with Crippen LogP contribution in [0.25, 0.3) is 0 Å². The number of hydrogen-bond donors (Lipinski definition) is 1. The molecule has 1 aliphatic heterocycles. The van der Waals surface area contributed by atoms with Crippen LogP contribution in [0.15, 0.2) is 53.0 Å². The maximum Gasteiger partial charge on any atom is 0.240 e. The van der Waals surface area contributed by atoms with Crippen LogP contribution in [0.3, 0.4) is 0 Å². The Morgan fingerprint density at radius 3 is 2.38 bits per heavy atom. The van der Waals surface area contributed by atoms with E-state index in [0.29, 0.717) is 6.42 Å². The quantitative estimate of drug-likeness (QED) is 0.859. The molecule has 0 bridgehead atoms. The van der Waals surface area contributed by atoms with Gasteiger partial charge in [0.2, 0.25) is 11.8 Å². The van der Waals surface area contributed by atoms with Crippen molar-refractivity contribution in [3.05, 3.63) is 64.1 Å². The number of carbonyl (C=O) groups is 2. The van der Waals surface area contributed by atoms with Gasteiger partial charge in [-0.15, -0.1) is 0 Å². The van der Waals surface area contributed by atoms with Gasteiger partial charge in [-0.1, -0.05) is 53.2 Å². The lowest BCUT2D eigenvalue weighted by atomic mass is 9.68. The minimum absolute atomic E-state index is 0.177. The molecule has 0 saturated heterocycles. The highest BCUT2D eigenvalue weighted by Crippen LogP contribution is 2.46. The molecule has 2 aromatic rings. The number of primary amides is 1. The lowest BCUT2D eigenvalue weighted by Gasteiger charge is -2.45. The van der Waals surface area contributed by atoms with Crippen LogP contribution >= 0.6 is 15.9 Å². The van der Waals surface area contributed by atoms with Crippen molar-refractivity contribution in [1.29, 1.82) is 0 Å². The van der Waals surface area contributed by atoms with Gasteiger partial charge in [0.15, 0.2) is 0 Å². The molecular weight excluding hydrogens is 368 g/mol. The maximum atomic E-state index is 12.2. The zero-order valence-electron chi connectivity index (χ0n) is 13.6. The highest BCUT2D eigenvalue weighted by Gasteiger charge is 2.44. The van der Waals surface area contributed by atoms with Crippen LogP contribution in [0, 0.1) is 0 Å². The summed E-state index contributed by atoms with van der Waals surface area (Å²) >= 11 is 3.46. The van der Waals surface area contributed by atoms with Crippen LogP contribution in [0.2, 0.25) is 0 Å². The molecule has 0 spiro atoms. The Balaban J connectivity index is 2.24. The van der Waals surface area contributed by atoms with Gasteiger partial charge in [-0.2, -0.15) is 0 Å². The number of hydrogen-bond acceptors (Lipinski definition) is 2. The second-order valence-electron chi connectivity index (χ2n) is 6.37. The third-order valence-corrected chi connectivity index (χ3v) is 5.35. The first-order chi connectivity index (χ1) is 11.3. The predicted octanol–water partition coefficient (Wildman–Crippen LogP) is 3.37. The van der Waals surface area contributed by atoms with Crippen LogP contribution in [-0.2, 0) is 15.0 Å². The second kappa shape index (κ2) is 6.06. The number of fused-ring (bicyclic) bond motifs is 1. The van der Waals surface area contributed by atoms with Crippen molar-refractivity contribution in [3.8, 4) is 0 Å². The van der Waals surface area contributed by atoms with E-state index in [1.54, 1.807) is 0 Å². The lowest BCUT2D eigenvalue weighted by molar-refractivity contribution is -0.124. The molecule has 0 aliphatic carbocycles. The van der Waals surface area contributed by atoms with Crippen molar-refractivity contribution >= 4 is 33.4 Å². The summed E-state index contributed by atoms with van der Waals surface area (Å²) in [5.41, 5.74) is 8.11. The zero-order valence-corrected chi connectivity index (χ0v) is 15.2. The predicted molar refractivity (Wildman–Crippen MR) is 97.8 cm³/mol. The Hall–Kier alpha value is -2.14. The summed E-state index contributed by atoms with van der Waals surface area (Å²) in [6, 6.07) is 15.1. The summed E-state index contributed by atoms with van der Waals surface area (Å²) in [6.07, 6.45) is 0.459. The van der Waals surface area contributed by atoms with E-state index in [4.69, 9.17) is 5.73 Å². The number of nitrogens with zero attached hydrogens (tertiary/aromatic N) is 1. The van der Waals surface area contributed by atoms with Gasteiger partial charge in [-0.25, -0.2) is 0 Å². The average Bonchev–Trinajstić information content (AvgIpc) is 2.54. The van der Waals surface area contributed by atoms with Crippen molar-refractivity contribution in [2.24, 2.45) is 5.73 Å². The summed E-state index contributed by atoms with van der Waals surface area (Å²) in [7, 11) is 0. The summed E-state index contributed by atoms with van der Waals surface area (Å²) in [5, 5.41) is 0. The first kappa shape index (κ1) is 16.7. The van der Waals surface area contributed by atoms with Gasteiger partial charge in [0.1, 0.15) is 6.04 Å². The van der Waals surface area contributed by atoms with E-state index < -0.39 is 17.4 Å². The Morgan fingerprint density at radius 1 is 1.17 bits per heavy atom. The van der Waals surface area contributed by atoms with Crippen LogP contribution in [0.1, 0.15) is 31.4 Å². The highest BCUT2D eigenvalue weighted by atomic mass is 79.9. The van der Waals surface area contributed by atoms with Gasteiger partial charge in [0.25, 0.3) is 0 Å². The number of rotatable bonds is 2. The monoisotopic (exact) mass is 386 g/mol. The fourth-order valence-corrected chi connectivity index (χ4v) is 3.88. The number of para-hydroxylation sites is 1. The topological polar surface area (TPSA) is 63.4 Å². The van der Waals surface area contributed by atoms with Crippen LogP contribution < -0.4 is 10.6 Å². The Bertz CT molecular complexity index is 803. The van der Waals surface area contributed by atoms with E-state index in [2.05, 4.69) is 22.9 Å². The van der Waals surface area contributed by atoms with Crippen LogP contribution in [0.4, 0.5) is 5.69 Å². The molecule has 2 N–H and O–H groups in total. The Labute approximate surface area is 149 Å². The second-order valence-corrected chi connectivity index (χ2v) is 7.28. The molecule has 0 radical (unpaired) electrons. The van der Waals surface area contributed by atoms with Gasteiger partial charge in [-0.05, 0) is 35.7 Å². The Morgan fingerprint density at radius 2 is 1.79 bits per heavy atom. The lowest BCUT2D eigenvalue weighted by Crippen LogP contribution is -2.54. The number of amides is 2. The minimum atomic E-state index is -0.661.